The van der Waals surface area contributed by atoms with E-state index in [-0.39, 0.29) is 0 Å². The number of halogens is 2. The molecule has 3 heteroatoms. The van der Waals surface area contributed by atoms with E-state index in [1.54, 1.807) is 0 Å². The maximum Gasteiger partial charge on any atom is 0.119 e. The van der Waals surface area contributed by atoms with Crippen LogP contribution in [-0.2, 0) is 0 Å². The zero-order valence-electron chi connectivity index (χ0n) is 11.0. The minimum Gasteiger partial charge on any atom is -0.494 e. The van der Waals surface area contributed by atoms with E-state index in [9.17, 15) is 0 Å². The van der Waals surface area contributed by atoms with Crippen LogP contribution in [0.1, 0.15) is 19.8 Å². The zero-order chi connectivity index (χ0) is 13.7. The van der Waals surface area contributed by atoms with Crippen LogP contribution < -0.4 is 4.74 Å². The molecule has 0 radical (unpaired) electrons. The summed E-state index contributed by atoms with van der Waals surface area (Å²) in [4.78, 5) is 0. The fourth-order valence-corrected chi connectivity index (χ4v) is 3.15. The Bertz CT molecular complexity index is 539. The minimum absolute atomic E-state index is 0.704. The number of ether oxygens (including phenoxy) is 1. The van der Waals surface area contributed by atoms with Crippen molar-refractivity contribution in [2.24, 2.45) is 5.92 Å². The van der Waals surface area contributed by atoms with Crippen molar-refractivity contribution >= 4 is 42.6 Å². The molecule has 0 N–H and O–H groups in total. The Kier molecular flexibility index (Phi) is 5.71. The summed E-state index contributed by atoms with van der Waals surface area (Å²) in [5.41, 5.74) is 0. The summed E-state index contributed by atoms with van der Waals surface area (Å²) in [5, 5.41) is 3.52. The molecular formula is C16H18Br2O. The monoisotopic (exact) mass is 384 g/mol. The molecule has 0 saturated carbocycles. The summed E-state index contributed by atoms with van der Waals surface area (Å²) in [6.07, 6.45) is 2.30. The van der Waals surface area contributed by atoms with Crippen LogP contribution in [0.4, 0.5) is 0 Å². The van der Waals surface area contributed by atoms with Gasteiger partial charge in [-0.2, -0.15) is 0 Å². The maximum absolute atomic E-state index is 5.83. The summed E-state index contributed by atoms with van der Waals surface area (Å²) in [6, 6.07) is 12.6. The van der Waals surface area contributed by atoms with Crippen molar-refractivity contribution in [3.63, 3.8) is 0 Å². The Morgan fingerprint density at radius 1 is 1.05 bits per heavy atom. The zero-order valence-corrected chi connectivity index (χ0v) is 14.2. The molecule has 0 aromatic heterocycles. The predicted molar refractivity (Wildman–Crippen MR) is 89.3 cm³/mol. The summed E-state index contributed by atoms with van der Waals surface area (Å²) in [7, 11) is 0. The van der Waals surface area contributed by atoms with E-state index in [2.05, 4.69) is 69.1 Å². The lowest BCUT2D eigenvalue weighted by Gasteiger charge is -2.11. The van der Waals surface area contributed by atoms with Gasteiger partial charge in [0, 0.05) is 9.80 Å². The van der Waals surface area contributed by atoms with Gasteiger partial charge < -0.3 is 4.74 Å². The third-order valence-corrected chi connectivity index (χ3v) is 4.21. The van der Waals surface area contributed by atoms with Crippen LogP contribution >= 0.6 is 31.9 Å². The van der Waals surface area contributed by atoms with Crippen molar-refractivity contribution in [1.29, 1.82) is 0 Å². The summed E-state index contributed by atoms with van der Waals surface area (Å²) >= 11 is 6.96. The molecule has 0 aliphatic rings. The molecule has 1 atom stereocenters. The van der Waals surface area contributed by atoms with Gasteiger partial charge in [-0.3, -0.25) is 0 Å². The van der Waals surface area contributed by atoms with E-state index < -0.39 is 0 Å². The van der Waals surface area contributed by atoms with Crippen molar-refractivity contribution in [2.75, 3.05) is 11.9 Å². The first-order chi connectivity index (χ1) is 9.19. The molecule has 0 aliphatic carbocycles. The Morgan fingerprint density at radius 3 is 2.58 bits per heavy atom. The minimum atomic E-state index is 0.704. The van der Waals surface area contributed by atoms with Crippen LogP contribution in [0.25, 0.3) is 10.8 Å². The second kappa shape index (κ2) is 7.30. The van der Waals surface area contributed by atoms with Crippen LogP contribution in [0, 0.1) is 5.92 Å². The predicted octanol–water partition coefficient (Wildman–Crippen LogP) is 5.79. The van der Waals surface area contributed by atoms with Gasteiger partial charge in [0.2, 0.25) is 0 Å². The van der Waals surface area contributed by atoms with Gasteiger partial charge >= 0.3 is 0 Å². The molecular weight excluding hydrogens is 368 g/mol. The molecule has 0 fully saturated rings. The van der Waals surface area contributed by atoms with Crippen molar-refractivity contribution in [3.05, 3.63) is 40.9 Å². The number of hydrogen-bond acceptors (Lipinski definition) is 1. The molecule has 0 spiro atoms. The number of rotatable bonds is 6. The summed E-state index contributed by atoms with van der Waals surface area (Å²) in [6.45, 7) is 3.05. The van der Waals surface area contributed by atoms with Crippen LogP contribution in [0.5, 0.6) is 5.75 Å². The van der Waals surface area contributed by atoms with Gasteiger partial charge in [-0.15, -0.1) is 0 Å². The van der Waals surface area contributed by atoms with Gasteiger partial charge in [-0.25, -0.2) is 0 Å². The van der Waals surface area contributed by atoms with Gasteiger partial charge in [0.15, 0.2) is 0 Å². The lowest BCUT2D eigenvalue weighted by atomic mass is 10.1. The van der Waals surface area contributed by atoms with Crippen LogP contribution in [0.3, 0.4) is 0 Å². The Hall–Kier alpha value is -0.540. The van der Waals surface area contributed by atoms with Gasteiger partial charge in [-0.05, 0) is 53.8 Å². The van der Waals surface area contributed by atoms with Gasteiger partial charge in [0.1, 0.15) is 5.75 Å². The molecule has 0 heterocycles. The highest BCUT2D eigenvalue weighted by molar-refractivity contribution is 9.10. The van der Waals surface area contributed by atoms with E-state index >= 15 is 0 Å². The molecule has 0 amide bonds. The number of hydrogen-bond donors (Lipinski definition) is 0. The smallest absolute Gasteiger partial charge is 0.119 e. The molecule has 2 aromatic carbocycles. The molecule has 0 aliphatic heterocycles. The molecule has 0 bridgehead atoms. The number of alkyl halides is 1. The first-order valence-corrected chi connectivity index (χ1v) is 8.48. The van der Waals surface area contributed by atoms with Crippen LogP contribution in [0.15, 0.2) is 40.9 Å². The van der Waals surface area contributed by atoms with Crippen molar-refractivity contribution in [3.8, 4) is 5.75 Å². The van der Waals surface area contributed by atoms with E-state index in [0.717, 1.165) is 28.6 Å². The maximum atomic E-state index is 5.83. The fourth-order valence-electron chi connectivity index (χ4n) is 1.99. The number of benzene rings is 2. The van der Waals surface area contributed by atoms with E-state index in [1.165, 1.54) is 17.2 Å². The molecule has 0 saturated heterocycles. The number of fused-ring (bicyclic) bond motifs is 1. The molecule has 2 aromatic rings. The van der Waals surface area contributed by atoms with Crippen LogP contribution in [-0.4, -0.2) is 11.9 Å². The lowest BCUT2D eigenvalue weighted by molar-refractivity contribution is 0.282. The van der Waals surface area contributed by atoms with Crippen molar-refractivity contribution < 1.29 is 4.74 Å². The van der Waals surface area contributed by atoms with Crippen LogP contribution in [0.2, 0.25) is 0 Å². The summed E-state index contributed by atoms with van der Waals surface area (Å²) < 4.78 is 6.94. The molecule has 2 rings (SSSR count). The van der Waals surface area contributed by atoms with Crippen molar-refractivity contribution in [2.45, 2.75) is 19.8 Å². The first kappa shape index (κ1) is 14.9. The van der Waals surface area contributed by atoms with Gasteiger partial charge in [0.05, 0.1) is 6.61 Å². The third kappa shape index (κ3) is 4.50. The SMILES string of the molecule is CC(CCBr)CCOc1ccc2cc(Br)ccc2c1. The second-order valence-electron chi connectivity index (χ2n) is 4.87. The van der Waals surface area contributed by atoms with Gasteiger partial charge in [0.25, 0.3) is 0 Å². The quantitative estimate of drug-likeness (QED) is 0.571. The average Bonchev–Trinajstić information content (AvgIpc) is 2.39. The first-order valence-electron chi connectivity index (χ1n) is 6.57. The Balaban J connectivity index is 1.96. The molecule has 19 heavy (non-hydrogen) atoms. The molecule has 1 nitrogen and oxygen atoms in total. The highest BCUT2D eigenvalue weighted by atomic mass is 79.9. The lowest BCUT2D eigenvalue weighted by Crippen LogP contribution is -2.04. The Morgan fingerprint density at radius 2 is 1.79 bits per heavy atom. The van der Waals surface area contributed by atoms with E-state index in [4.69, 9.17) is 4.74 Å². The highest BCUT2D eigenvalue weighted by Crippen LogP contribution is 2.24. The molecule has 1 unspecified atom stereocenters. The van der Waals surface area contributed by atoms with E-state index in [0.29, 0.717) is 5.92 Å². The normalized spacial score (nSPS) is 12.6. The van der Waals surface area contributed by atoms with Gasteiger partial charge in [-0.1, -0.05) is 50.9 Å². The fraction of sp³-hybridized carbons (Fsp3) is 0.375. The highest BCUT2D eigenvalue weighted by Gasteiger charge is 2.02. The third-order valence-electron chi connectivity index (χ3n) is 3.26. The second-order valence-corrected chi connectivity index (χ2v) is 6.58. The topological polar surface area (TPSA) is 9.23 Å². The molecule has 102 valence electrons. The summed E-state index contributed by atoms with van der Waals surface area (Å²) in [5.74, 6) is 1.66. The van der Waals surface area contributed by atoms with Crippen molar-refractivity contribution in [1.82, 2.24) is 0 Å². The largest absolute Gasteiger partial charge is 0.494 e. The Labute approximate surface area is 131 Å². The standard InChI is InChI=1S/C16H18Br2O/c1-12(6-8-17)7-9-19-16-5-3-13-10-15(18)4-2-14(13)11-16/h2-5,10-12H,6-9H2,1H3. The van der Waals surface area contributed by atoms with E-state index in [1.807, 2.05) is 6.07 Å². The average molecular weight is 386 g/mol.